The zero-order valence-electron chi connectivity index (χ0n) is 7.57. The quantitative estimate of drug-likeness (QED) is 0.515. The Hall–Kier alpha value is -0.0300. The Bertz CT molecular complexity index is 238. The van der Waals surface area contributed by atoms with Crippen LogP contribution in [0.1, 0.15) is 13.3 Å². The highest BCUT2D eigenvalue weighted by atomic mass is 31.2. The van der Waals surface area contributed by atoms with Gasteiger partial charge >= 0.3 is 13.2 Å². The van der Waals surface area contributed by atoms with E-state index in [2.05, 4.69) is 0 Å². The van der Waals surface area contributed by atoms with Gasteiger partial charge in [-0.1, -0.05) is 6.92 Å². The summed E-state index contributed by atoms with van der Waals surface area (Å²) in [4.78, 5) is 46.2. The molecule has 0 aliphatic carbocycles. The predicted molar refractivity (Wildman–Crippen MR) is 50.7 cm³/mol. The first-order chi connectivity index (χ1) is 6.28. The van der Waals surface area contributed by atoms with Crippen LogP contribution in [0.2, 0.25) is 0 Å². The molecule has 0 aromatic carbocycles. The van der Waals surface area contributed by atoms with Crippen LogP contribution in [0.3, 0.4) is 0 Å². The van der Waals surface area contributed by atoms with E-state index in [1.807, 2.05) is 0 Å². The number of amides is 1. The van der Waals surface area contributed by atoms with Crippen LogP contribution in [0.5, 0.6) is 0 Å². The fourth-order valence-electron chi connectivity index (χ4n) is 0.846. The highest BCUT2D eigenvalue weighted by Gasteiger charge is 2.27. The van der Waals surface area contributed by atoms with E-state index < -0.39 is 27.9 Å². The molecule has 9 heteroatoms. The molecule has 0 aromatic rings. The van der Waals surface area contributed by atoms with E-state index in [4.69, 9.17) is 19.6 Å². The summed E-state index contributed by atoms with van der Waals surface area (Å²) in [5, 5.41) is 0. The normalized spacial score (nSPS) is 11.9. The van der Waals surface area contributed by atoms with E-state index in [0.29, 0.717) is 6.42 Å². The smallest absolute Gasteiger partial charge is 0.343 e. The Kier molecular flexibility index (Phi) is 5.74. The van der Waals surface area contributed by atoms with Crippen LogP contribution < -0.4 is 0 Å². The van der Waals surface area contributed by atoms with E-state index in [-0.39, 0.29) is 6.54 Å². The third-order valence-electron chi connectivity index (χ3n) is 1.29. The third kappa shape index (κ3) is 5.65. The lowest BCUT2D eigenvalue weighted by Gasteiger charge is -2.22. The Morgan fingerprint density at radius 3 is 2.21 bits per heavy atom. The third-order valence-corrected chi connectivity index (χ3v) is 2.62. The van der Waals surface area contributed by atoms with Gasteiger partial charge in [-0.3, -0.25) is 9.36 Å². The topological polar surface area (TPSA) is 118 Å². The molecule has 7 nitrogen and oxygen atoms in total. The Morgan fingerprint density at radius 1 is 1.43 bits per heavy atom. The number of rotatable bonds is 5. The maximum Gasteiger partial charge on any atom is 0.344 e. The number of nitrogens with zero attached hydrogens (tertiary/aromatic N) is 1. The van der Waals surface area contributed by atoms with Gasteiger partial charge < -0.3 is 24.5 Å². The first-order valence-corrected chi connectivity index (χ1v) is 6.83. The lowest BCUT2D eigenvalue weighted by molar-refractivity contribution is 0.219. The summed E-state index contributed by atoms with van der Waals surface area (Å²) in [7, 11) is -7.17. The molecule has 0 aliphatic rings. The van der Waals surface area contributed by atoms with Crippen molar-refractivity contribution in [3.05, 3.63) is 0 Å². The Labute approximate surface area is 82.4 Å². The molecule has 0 heterocycles. The van der Waals surface area contributed by atoms with Gasteiger partial charge in [0.05, 0.1) is 0 Å². The van der Waals surface area contributed by atoms with Crippen molar-refractivity contribution in [1.82, 2.24) is 4.90 Å². The molecule has 0 atom stereocenters. The largest absolute Gasteiger partial charge is 0.344 e. The molecule has 4 N–H and O–H groups in total. The van der Waals surface area contributed by atoms with E-state index in [1.54, 1.807) is 6.92 Å². The minimum absolute atomic E-state index is 0.0872. The number of hydrogen-bond donors (Lipinski definition) is 4. The van der Waals surface area contributed by atoms with Crippen molar-refractivity contribution >= 4 is 21.6 Å². The zero-order valence-corrected chi connectivity index (χ0v) is 9.36. The van der Waals surface area contributed by atoms with Crippen molar-refractivity contribution < 1.29 is 28.9 Å². The molecule has 0 radical (unpaired) electrons. The standard InChI is InChI=1S/C5H13NO6P2/c1-2-3-6(4-14(10,11)12)5(7)13(8)9/h8-9H,2-4H2,1H3,(H2,10,11,12). The van der Waals surface area contributed by atoms with E-state index in [0.717, 1.165) is 4.90 Å². The molecule has 14 heavy (non-hydrogen) atoms. The molecule has 0 fully saturated rings. The number of carbonyl (C=O) groups excluding carboxylic acids is 1. The fourth-order valence-corrected chi connectivity index (χ4v) is 2.10. The highest BCUT2D eigenvalue weighted by Crippen LogP contribution is 2.38. The Morgan fingerprint density at radius 2 is 1.93 bits per heavy atom. The molecule has 0 aliphatic heterocycles. The summed E-state index contributed by atoms with van der Waals surface area (Å²) in [6, 6.07) is 0. The SMILES string of the molecule is CCCN(CP(=O)(O)O)C(=O)P(O)O. The molecular formula is C5H13NO6P2. The van der Waals surface area contributed by atoms with Crippen molar-refractivity contribution in [2.24, 2.45) is 0 Å². The molecular weight excluding hydrogens is 232 g/mol. The van der Waals surface area contributed by atoms with Gasteiger partial charge in [0.2, 0.25) is 0 Å². The average Bonchev–Trinajstić information content (AvgIpc) is 1.99. The van der Waals surface area contributed by atoms with Crippen molar-refractivity contribution in [3.63, 3.8) is 0 Å². The van der Waals surface area contributed by atoms with Crippen LogP contribution in [0.15, 0.2) is 0 Å². The van der Waals surface area contributed by atoms with E-state index in [9.17, 15) is 9.36 Å². The molecule has 0 aromatic heterocycles. The molecule has 0 spiro atoms. The van der Waals surface area contributed by atoms with E-state index in [1.165, 1.54) is 0 Å². The minimum Gasteiger partial charge on any atom is -0.343 e. The molecule has 84 valence electrons. The maximum absolute atomic E-state index is 11.0. The predicted octanol–water partition coefficient (Wildman–Crippen LogP) is 0.250. The molecule has 0 saturated carbocycles. The summed E-state index contributed by atoms with van der Waals surface area (Å²) < 4.78 is 10.6. The molecule has 0 bridgehead atoms. The second-order valence-electron chi connectivity index (χ2n) is 2.64. The minimum atomic E-state index is -4.35. The summed E-state index contributed by atoms with van der Waals surface area (Å²) in [6.45, 7) is 1.79. The van der Waals surface area contributed by atoms with Crippen LogP contribution in [-0.4, -0.2) is 43.0 Å². The summed E-state index contributed by atoms with van der Waals surface area (Å²) in [6.07, 6.45) is -0.297. The van der Waals surface area contributed by atoms with Crippen LogP contribution >= 0.6 is 16.0 Å². The second kappa shape index (κ2) is 5.75. The van der Waals surface area contributed by atoms with E-state index >= 15 is 0 Å². The zero-order chi connectivity index (χ0) is 11.4. The Balaban J connectivity index is 4.44. The first-order valence-electron chi connectivity index (χ1n) is 3.79. The van der Waals surface area contributed by atoms with Gasteiger partial charge in [0.15, 0.2) is 0 Å². The van der Waals surface area contributed by atoms with Crippen LogP contribution in [-0.2, 0) is 4.57 Å². The van der Waals surface area contributed by atoms with Gasteiger partial charge in [-0.25, -0.2) is 0 Å². The van der Waals surface area contributed by atoms with Gasteiger partial charge in [0.25, 0.3) is 8.38 Å². The lowest BCUT2D eigenvalue weighted by atomic mass is 10.5. The van der Waals surface area contributed by atoms with Gasteiger partial charge in [-0.15, -0.1) is 0 Å². The first kappa shape index (κ1) is 14.0. The summed E-state index contributed by atoms with van der Waals surface area (Å²) in [5.41, 5.74) is -1.04. The summed E-state index contributed by atoms with van der Waals surface area (Å²) in [5.74, 6) is 0. The molecule has 0 rings (SSSR count). The van der Waals surface area contributed by atoms with Crippen LogP contribution in [0.4, 0.5) is 4.79 Å². The monoisotopic (exact) mass is 245 g/mol. The highest BCUT2D eigenvalue weighted by molar-refractivity contribution is 7.64. The van der Waals surface area contributed by atoms with Crippen LogP contribution in [0.25, 0.3) is 0 Å². The summed E-state index contributed by atoms with van der Waals surface area (Å²) >= 11 is 0. The van der Waals surface area contributed by atoms with Gasteiger partial charge in [-0.05, 0) is 6.42 Å². The number of hydrogen-bond acceptors (Lipinski definition) is 4. The number of carbonyl (C=O) groups is 1. The van der Waals surface area contributed by atoms with Crippen molar-refractivity contribution in [3.8, 4) is 0 Å². The second-order valence-corrected chi connectivity index (χ2v) is 5.22. The fraction of sp³-hybridized carbons (Fsp3) is 0.800. The molecule has 0 unspecified atom stereocenters. The van der Waals surface area contributed by atoms with Crippen molar-refractivity contribution in [1.29, 1.82) is 0 Å². The maximum atomic E-state index is 11.0. The van der Waals surface area contributed by atoms with Gasteiger partial charge in [0.1, 0.15) is 6.29 Å². The molecule has 0 saturated heterocycles. The van der Waals surface area contributed by atoms with Gasteiger partial charge in [-0.2, -0.15) is 0 Å². The molecule has 1 amide bonds. The van der Waals surface area contributed by atoms with Crippen LogP contribution in [0, 0.1) is 0 Å². The average molecular weight is 245 g/mol. The van der Waals surface area contributed by atoms with Crippen molar-refractivity contribution in [2.45, 2.75) is 13.3 Å². The van der Waals surface area contributed by atoms with Crippen molar-refractivity contribution in [2.75, 3.05) is 12.8 Å². The van der Waals surface area contributed by atoms with Gasteiger partial charge in [0, 0.05) is 6.54 Å². The lowest BCUT2D eigenvalue weighted by Crippen LogP contribution is -2.30.